The van der Waals surface area contributed by atoms with E-state index >= 15 is 0 Å². The molecule has 2 heterocycles. The number of nitrogens with one attached hydrogen (secondary N) is 2. The Hall–Kier alpha value is -1.96. The molecule has 0 radical (unpaired) electrons. The molecule has 0 unspecified atom stereocenters. The van der Waals surface area contributed by atoms with Gasteiger partial charge in [-0.25, -0.2) is 13.1 Å². The molecular weight excluding hydrogens is 338 g/mol. The Balaban J connectivity index is 1.76. The first kappa shape index (κ1) is 16.5. The molecule has 1 saturated carbocycles. The van der Waals surface area contributed by atoms with Gasteiger partial charge in [-0.15, -0.1) is 0 Å². The number of rotatable bonds is 4. The third-order valence-corrected chi connectivity index (χ3v) is 6.48. The lowest BCUT2D eigenvalue weighted by Gasteiger charge is -2.22. The molecule has 0 aliphatic heterocycles. The number of aliphatic hydroxyl groups is 1. The largest absolute Gasteiger partial charge is 0.390 e. The van der Waals surface area contributed by atoms with Crippen LogP contribution in [0.3, 0.4) is 0 Å². The normalized spacial score (nSPS) is 16.7. The molecule has 0 atom stereocenters. The highest BCUT2D eigenvalue weighted by molar-refractivity contribution is 7.89. The lowest BCUT2D eigenvalue weighted by molar-refractivity contribution is 0.278. The minimum atomic E-state index is -3.54. The number of aliphatic hydroxyl groups excluding tert-OH is 1. The van der Waals surface area contributed by atoms with E-state index in [1.807, 2.05) is 6.07 Å². The molecule has 6 nitrogen and oxygen atoms in total. The Morgan fingerprint density at radius 1 is 1.16 bits per heavy atom. The Kier molecular flexibility index (Phi) is 4.23. The maximum atomic E-state index is 12.8. The summed E-state index contributed by atoms with van der Waals surface area (Å²) in [6.07, 6.45) is 6.76. The van der Waals surface area contributed by atoms with Gasteiger partial charge in [-0.3, -0.25) is 4.98 Å². The number of aromatic nitrogens is 2. The van der Waals surface area contributed by atoms with Crippen LogP contribution in [0.25, 0.3) is 21.8 Å². The number of hydrogen-bond donors (Lipinski definition) is 3. The number of hydrogen-bond acceptors (Lipinski definition) is 4. The molecule has 132 valence electrons. The second-order valence-corrected chi connectivity index (χ2v) is 8.34. The molecule has 3 N–H and O–H groups in total. The van der Waals surface area contributed by atoms with Gasteiger partial charge < -0.3 is 10.1 Å². The number of sulfonamides is 1. The fourth-order valence-electron chi connectivity index (χ4n) is 3.65. The third kappa shape index (κ3) is 3.03. The van der Waals surface area contributed by atoms with Gasteiger partial charge in [0.1, 0.15) is 0 Å². The Labute approximate surface area is 146 Å². The van der Waals surface area contributed by atoms with E-state index in [0.29, 0.717) is 5.69 Å². The summed E-state index contributed by atoms with van der Waals surface area (Å²) in [7, 11) is -3.54. The van der Waals surface area contributed by atoms with Crippen molar-refractivity contribution in [2.24, 2.45) is 0 Å². The van der Waals surface area contributed by atoms with Crippen molar-refractivity contribution in [2.75, 3.05) is 0 Å². The van der Waals surface area contributed by atoms with E-state index in [2.05, 4.69) is 14.7 Å². The van der Waals surface area contributed by atoms with Gasteiger partial charge in [0.05, 0.1) is 22.7 Å². The van der Waals surface area contributed by atoms with Crippen LogP contribution in [-0.4, -0.2) is 29.5 Å². The van der Waals surface area contributed by atoms with E-state index in [4.69, 9.17) is 0 Å². The Morgan fingerprint density at radius 2 is 1.96 bits per heavy atom. The Morgan fingerprint density at radius 3 is 2.72 bits per heavy atom. The maximum absolute atomic E-state index is 12.8. The highest BCUT2D eigenvalue weighted by Gasteiger charge is 2.22. The highest BCUT2D eigenvalue weighted by atomic mass is 32.2. The molecule has 25 heavy (non-hydrogen) atoms. The van der Waals surface area contributed by atoms with Crippen LogP contribution in [0, 0.1) is 0 Å². The van der Waals surface area contributed by atoms with Gasteiger partial charge in [-0.2, -0.15) is 0 Å². The van der Waals surface area contributed by atoms with Crippen LogP contribution in [0.5, 0.6) is 0 Å². The predicted molar refractivity (Wildman–Crippen MR) is 96.7 cm³/mol. The predicted octanol–water partition coefficient (Wildman–Crippen LogP) is 2.82. The van der Waals surface area contributed by atoms with Crippen molar-refractivity contribution >= 4 is 31.8 Å². The van der Waals surface area contributed by atoms with Crippen LogP contribution in [0.1, 0.15) is 37.8 Å². The molecule has 3 aromatic rings. The fraction of sp³-hybridized carbons (Fsp3) is 0.389. The van der Waals surface area contributed by atoms with E-state index in [1.54, 1.807) is 24.4 Å². The first-order valence-corrected chi connectivity index (χ1v) is 10.1. The molecular formula is C18H21N3O3S. The number of H-pyrrole nitrogens is 1. The molecule has 0 saturated heterocycles. The number of benzene rings is 1. The molecule has 1 aliphatic rings. The summed E-state index contributed by atoms with van der Waals surface area (Å²) in [5.41, 5.74) is 2.13. The summed E-state index contributed by atoms with van der Waals surface area (Å²) < 4.78 is 28.4. The number of nitrogens with zero attached hydrogens (tertiary/aromatic N) is 1. The lowest BCUT2D eigenvalue weighted by atomic mass is 9.96. The first-order chi connectivity index (χ1) is 12.1. The van der Waals surface area contributed by atoms with E-state index in [0.717, 1.165) is 47.5 Å². The molecule has 0 spiro atoms. The van der Waals surface area contributed by atoms with Crippen LogP contribution in [0.4, 0.5) is 0 Å². The molecule has 0 bridgehead atoms. The smallest absolute Gasteiger partial charge is 0.240 e. The van der Waals surface area contributed by atoms with Gasteiger partial charge in [-0.05, 0) is 37.1 Å². The number of fused-ring (bicyclic) bond motifs is 3. The molecule has 7 heteroatoms. The number of aromatic amines is 1. The summed E-state index contributed by atoms with van der Waals surface area (Å²) in [5, 5.41) is 11.1. The first-order valence-electron chi connectivity index (χ1n) is 8.61. The van der Waals surface area contributed by atoms with Crippen molar-refractivity contribution in [3.8, 4) is 0 Å². The van der Waals surface area contributed by atoms with E-state index in [1.165, 1.54) is 6.42 Å². The van der Waals surface area contributed by atoms with Crippen LogP contribution in [0.15, 0.2) is 35.4 Å². The van der Waals surface area contributed by atoms with E-state index in [-0.39, 0.29) is 17.5 Å². The van der Waals surface area contributed by atoms with Crippen LogP contribution in [0.2, 0.25) is 0 Å². The fourth-order valence-corrected chi connectivity index (χ4v) is 4.98. The third-order valence-electron chi connectivity index (χ3n) is 4.96. The molecule has 2 aromatic heterocycles. The zero-order valence-corrected chi connectivity index (χ0v) is 14.6. The molecule has 4 rings (SSSR count). The van der Waals surface area contributed by atoms with Gasteiger partial charge in [0.15, 0.2) is 0 Å². The SMILES string of the molecule is O=S(=O)(NC1CCCCC1)c1ccc2[nH]c3c(CO)nccc3c2c1. The van der Waals surface area contributed by atoms with Crippen molar-refractivity contribution in [3.63, 3.8) is 0 Å². The van der Waals surface area contributed by atoms with Crippen molar-refractivity contribution in [2.45, 2.75) is 49.6 Å². The summed E-state index contributed by atoms with van der Waals surface area (Å²) in [6.45, 7) is -0.168. The average molecular weight is 359 g/mol. The topological polar surface area (TPSA) is 95.1 Å². The van der Waals surface area contributed by atoms with Crippen molar-refractivity contribution in [1.29, 1.82) is 0 Å². The summed E-state index contributed by atoms with van der Waals surface area (Å²) in [4.78, 5) is 7.65. The molecule has 1 fully saturated rings. The number of pyridine rings is 1. The zero-order valence-electron chi connectivity index (χ0n) is 13.8. The van der Waals surface area contributed by atoms with E-state index in [9.17, 15) is 13.5 Å². The Bertz CT molecular complexity index is 1020. The molecule has 0 amide bonds. The van der Waals surface area contributed by atoms with Crippen LogP contribution < -0.4 is 4.72 Å². The monoisotopic (exact) mass is 359 g/mol. The molecule has 1 aromatic carbocycles. The van der Waals surface area contributed by atoms with Gasteiger partial charge in [-0.1, -0.05) is 19.3 Å². The van der Waals surface area contributed by atoms with Gasteiger partial charge >= 0.3 is 0 Å². The van der Waals surface area contributed by atoms with Gasteiger partial charge in [0, 0.05) is 28.5 Å². The molecule has 1 aliphatic carbocycles. The van der Waals surface area contributed by atoms with E-state index < -0.39 is 10.0 Å². The minimum absolute atomic E-state index is 0.0302. The van der Waals surface area contributed by atoms with Crippen molar-refractivity contribution in [3.05, 3.63) is 36.2 Å². The van der Waals surface area contributed by atoms with Crippen LogP contribution in [-0.2, 0) is 16.6 Å². The quantitative estimate of drug-likeness (QED) is 0.667. The van der Waals surface area contributed by atoms with Gasteiger partial charge in [0.25, 0.3) is 0 Å². The summed E-state index contributed by atoms with van der Waals surface area (Å²) >= 11 is 0. The standard InChI is InChI=1S/C18H21N3O3S/c22-11-17-18-14(8-9-19-17)15-10-13(6-7-16(15)20-18)25(23,24)21-12-4-2-1-3-5-12/h6-10,12,20-22H,1-5,11H2. The highest BCUT2D eigenvalue weighted by Crippen LogP contribution is 2.29. The van der Waals surface area contributed by atoms with Gasteiger partial charge in [0.2, 0.25) is 10.0 Å². The maximum Gasteiger partial charge on any atom is 0.240 e. The lowest BCUT2D eigenvalue weighted by Crippen LogP contribution is -2.36. The van der Waals surface area contributed by atoms with Crippen molar-refractivity contribution in [1.82, 2.24) is 14.7 Å². The summed E-state index contributed by atoms with van der Waals surface area (Å²) in [5.74, 6) is 0. The second-order valence-electron chi connectivity index (χ2n) is 6.63. The minimum Gasteiger partial charge on any atom is -0.390 e. The van der Waals surface area contributed by atoms with Crippen LogP contribution >= 0.6 is 0 Å². The summed E-state index contributed by atoms with van der Waals surface area (Å²) in [6, 6.07) is 6.95. The second kappa shape index (κ2) is 6.40. The average Bonchev–Trinajstić information content (AvgIpc) is 3.00. The zero-order chi connectivity index (χ0) is 17.4. The van der Waals surface area contributed by atoms with Crippen molar-refractivity contribution < 1.29 is 13.5 Å².